The van der Waals surface area contributed by atoms with Gasteiger partial charge in [-0.25, -0.2) is 4.79 Å². The van der Waals surface area contributed by atoms with Crippen LogP contribution in [-0.2, 0) is 42.9 Å². The normalized spacial score (nSPS) is 19.1. The average molecular weight is 1050 g/mol. The van der Waals surface area contributed by atoms with Crippen molar-refractivity contribution in [1.82, 2.24) is 0 Å². The molecule has 1 fully saturated rings. The molecule has 6 atom stereocenters. The van der Waals surface area contributed by atoms with Gasteiger partial charge in [0.05, 0.1) is 6.61 Å². The number of esters is 3. The first-order chi connectivity index (χ1) is 36.6. The van der Waals surface area contributed by atoms with Crippen LogP contribution in [0.3, 0.4) is 0 Å². The van der Waals surface area contributed by atoms with Gasteiger partial charge in [0.25, 0.3) is 0 Å². The molecule has 0 bridgehead atoms. The minimum Gasteiger partial charge on any atom is -0.479 e. The van der Waals surface area contributed by atoms with Crippen molar-refractivity contribution in [2.75, 3.05) is 13.2 Å². The third-order valence-electron chi connectivity index (χ3n) is 12.0. The van der Waals surface area contributed by atoms with Gasteiger partial charge in [0, 0.05) is 19.3 Å². The molecule has 1 aliphatic heterocycles. The lowest BCUT2D eigenvalue weighted by Crippen LogP contribution is -2.61. The Labute approximate surface area is 452 Å². The Bertz CT molecular complexity index is 1770. The molecule has 0 aliphatic carbocycles. The highest BCUT2D eigenvalue weighted by atomic mass is 16.7. The molecule has 1 saturated heterocycles. The number of ether oxygens (including phenoxy) is 5. The monoisotopic (exact) mass is 1050 g/mol. The number of unbranched alkanes of at least 4 members (excludes halogenated alkanes) is 12. The Kier molecular flexibility index (Phi) is 45.4. The van der Waals surface area contributed by atoms with E-state index in [0.29, 0.717) is 25.7 Å². The summed E-state index contributed by atoms with van der Waals surface area (Å²) in [5, 5.41) is 31.4. The maximum Gasteiger partial charge on any atom is 0.335 e. The summed E-state index contributed by atoms with van der Waals surface area (Å²) >= 11 is 0. The zero-order valence-electron chi connectivity index (χ0n) is 46.2. The summed E-state index contributed by atoms with van der Waals surface area (Å²) in [7, 11) is 0. The molecule has 0 spiro atoms. The molecule has 3 N–H and O–H groups in total. The molecule has 75 heavy (non-hydrogen) atoms. The standard InChI is InChI=1S/C63H98O12/c1-4-7-10-13-16-19-22-25-26-27-28-29-30-33-36-39-42-45-48-51-57(66)74-61-59(68)58(67)60(62(69)70)75-63(61)72-53-54(73-56(65)50-47-44-41-38-35-32-24-21-18-15-12-9-6-3)52-71-55(64)49-46-43-40-37-34-31-23-20-17-14-11-8-5-2/h7-8,10-11,16-17,19-21,24-26,28-29,31,33-34,36,42,45,54,58-61,63,67-68H,4-6,9,12-15,18,22-23,27,30,32,35,37-41,43-44,46-53H2,1-3H3,(H,69,70)/b10-7-,11-8-,19-16-,20-17-,24-21-,26-25-,29-28-,34-31-,36-33-,45-42-. The zero-order valence-corrected chi connectivity index (χ0v) is 46.2. The largest absolute Gasteiger partial charge is 0.479 e. The quantitative estimate of drug-likeness (QED) is 0.0228. The number of carbonyl (C=O) groups excluding carboxylic acids is 3. The molecule has 12 heteroatoms. The van der Waals surface area contributed by atoms with Crippen LogP contribution in [0.4, 0.5) is 0 Å². The topological polar surface area (TPSA) is 175 Å². The van der Waals surface area contributed by atoms with Crippen LogP contribution in [0, 0.1) is 0 Å². The second kappa shape index (κ2) is 50.0. The number of aliphatic hydroxyl groups is 2. The lowest BCUT2D eigenvalue weighted by atomic mass is 9.98. The molecule has 0 saturated carbocycles. The number of hydrogen-bond donors (Lipinski definition) is 3. The number of carboxylic acid groups (broad SMARTS) is 1. The van der Waals surface area contributed by atoms with Crippen LogP contribution in [0.1, 0.15) is 201 Å². The number of carbonyl (C=O) groups is 4. The van der Waals surface area contributed by atoms with Crippen molar-refractivity contribution in [2.24, 2.45) is 0 Å². The van der Waals surface area contributed by atoms with Crippen molar-refractivity contribution in [3.8, 4) is 0 Å². The highest BCUT2D eigenvalue weighted by molar-refractivity contribution is 5.74. The van der Waals surface area contributed by atoms with Gasteiger partial charge in [-0.2, -0.15) is 0 Å². The highest BCUT2D eigenvalue weighted by Crippen LogP contribution is 2.26. The first kappa shape index (κ1) is 68.1. The van der Waals surface area contributed by atoms with E-state index in [4.69, 9.17) is 23.7 Å². The molecule has 422 valence electrons. The fraction of sp³-hybridized carbons (Fsp3) is 0.619. The van der Waals surface area contributed by atoms with Gasteiger partial charge in [0.15, 0.2) is 24.6 Å². The van der Waals surface area contributed by atoms with Gasteiger partial charge in [-0.1, -0.05) is 187 Å². The Balaban J connectivity index is 2.77. The van der Waals surface area contributed by atoms with E-state index in [0.717, 1.165) is 109 Å². The van der Waals surface area contributed by atoms with E-state index < -0.39 is 67.3 Å². The predicted octanol–water partition coefficient (Wildman–Crippen LogP) is 14.4. The zero-order chi connectivity index (χ0) is 54.7. The summed E-state index contributed by atoms with van der Waals surface area (Å²) in [5.74, 6) is -3.30. The minimum atomic E-state index is -1.94. The molecular weight excluding hydrogens is 949 g/mol. The van der Waals surface area contributed by atoms with Crippen molar-refractivity contribution in [3.05, 3.63) is 122 Å². The van der Waals surface area contributed by atoms with Crippen LogP contribution in [0.25, 0.3) is 0 Å². The summed E-state index contributed by atoms with van der Waals surface area (Å²) < 4.78 is 28.2. The number of carboxylic acids is 1. The van der Waals surface area contributed by atoms with E-state index in [9.17, 15) is 34.5 Å². The summed E-state index contributed by atoms with van der Waals surface area (Å²) in [6, 6.07) is 0. The smallest absolute Gasteiger partial charge is 0.335 e. The minimum absolute atomic E-state index is 0.0747. The third kappa shape index (κ3) is 40.1. The van der Waals surface area contributed by atoms with Gasteiger partial charge in [-0.05, 0) is 116 Å². The average Bonchev–Trinajstić information content (AvgIpc) is 3.39. The maximum atomic E-state index is 13.1. The van der Waals surface area contributed by atoms with Crippen LogP contribution in [-0.4, -0.2) is 89.2 Å². The first-order valence-corrected chi connectivity index (χ1v) is 28.5. The van der Waals surface area contributed by atoms with Gasteiger partial charge in [0.1, 0.15) is 18.8 Å². The fourth-order valence-electron chi connectivity index (χ4n) is 7.69. The van der Waals surface area contributed by atoms with Crippen LogP contribution in [0.2, 0.25) is 0 Å². The molecule has 12 nitrogen and oxygen atoms in total. The van der Waals surface area contributed by atoms with Gasteiger partial charge >= 0.3 is 23.9 Å². The number of allylic oxidation sites excluding steroid dienone is 20. The Morgan fingerprint density at radius 3 is 1.36 bits per heavy atom. The van der Waals surface area contributed by atoms with E-state index in [2.05, 4.69) is 124 Å². The van der Waals surface area contributed by atoms with Crippen molar-refractivity contribution in [1.29, 1.82) is 0 Å². The van der Waals surface area contributed by atoms with Crippen molar-refractivity contribution < 1.29 is 58.2 Å². The second-order valence-electron chi connectivity index (χ2n) is 18.8. The number of rotatable bonds is 46. The maximum absolute atomic E-state index is 13.1. The molecule has 0 aromatic rings. The van der Waals surface area contributed by atoms with Crippen LogP contribution in [0.15, 0.2) is 122 Å². The Morgan fingerprint density at radius 1 is 0.453 bits per heavy atom. The lowest BCUT2D eigenvalue weighted by Gasteiger charge is -2.40. The third-order valence-corrected chi connectivity index (χ3v) is 12.0. The molecule has 0 amide bonds. The van der Waals surface area contributed by atoms with Gasteiger partial charge in [0.2, 0.25) is 0 Å². The Morgan fingerprint density at radius 2 is 0.867 bits per heavy atom. The molecule has 0 aromatic carbocycles. The van der Waals surface area contributed by atoms with E-state index in [-0.39, 0.29) is 25.9 Å². The van der Waals surface area contributed by atoms with Crippen LogP contribution in [0.5, 0.6) is 0 Å². The van der Waals surface area contributed by atoms with Crippen molar-refractivity contribution in [2.45, 2.75) is 237 Å². The SMILES string of the molecule is CC/C=C\C/C=C\C/C=C\C/C=C\C/C=C\C/C=C\CCC(=O)OC1C(OCC(COC(=O)CCCCC/C=C\C/C=C\C/C=C\CC)OC(=O)CCCCCCC/C=C\CCCCCC)OC(C(=O)O)C(O)C1O. The van der Waals surface area contributed by atoms with E-state index in [1.165, 1.54) is 25.7 Å². The summed E-state index contributed by atoms with van der Waals surface area (Å²) in [4.78, 5) is 51.0. The van der Waals surface area contributed by atoms with E-state index >= 15 is 0 Å². The van der Waals surface area contributed by atoms with E-state index in [1.54, 1.807) is 0 Å². The molecule has 1 rings (SSSR count). The molecule has 1 aliphatic rings. The molecule has 0 aromatic heterocycles. The lowest BCUT2D eigenvalue weighted by molar-refractivity contribution is -0.301. The van der Waals surface area contributed by atoms with Gasteiger partial charge in [-0.15, -0.1) is 0 Å². The van der Waals surface area contributed by atoms with Crippen molar-refractivity contribution in [3.63, 3.8) is 0 Å². The van der Waals surface area contributed by atoms with Crippen LogP contribution >= 0.6 is 0 Å². The number of aliphatic hydroxyl groups excluding tert-OH is 2. The fourth-order valence-corrected chi connectivity index (χ4v) is 7.69. The molecular formula is C63H98O12. The highest BCUT2D eigenvalue weighted by Gasteiger charge is 2.50. The summed E-state index contributed by atoms with van der Waals surface area (Å²) in [5.41, 5.74) is 0. The van der Waals surface area contributed by atoms with Gasteiger partial charge < -0.3 is 39.0 Å². The molecule has 0 radical (unpaired) electrons. The molecule has 6 unspecified atom stereocenters. The van der Waals surface area contributed by atoms with Gasteiger partial charge in [-0.3, -0.25) is 14.4 Å². The van der Waals surface area contributed by atoms with Crippen molar-refractivity contribution >= 4 is 23.9 Å². The number of hydrogen-bond acceptors (Lipinski definition) is 11. The summed E-state index contributed by atoms with van der Waals surface area (Å²) in [6.07, 6.45) is 56.2. The molecule has 1 heterocycles. The Hall–Kier alpha value is -4.88. The van der Waals surface area contributed by atoms with E-state index in [1.807, 2.05) is 18.2 Å². The second-order valence-corrected chi connectivity index (χ2v) is 18.8. The predicted molar refractivity (Wildman–Crippen MR) is 303 cm³/mol. The first-order valence-electron chi connectivity index (χ1n) is 28.5. The van der Waals surface area contributed by atoms with Crippen LogP contribution < -0.4 is 0 Å². The number of aliphatic carboxylic acids is 1. The summed E-state index contributed by atoms with van der Waals surface area (Å²) in [6.45, 7) is 5.66.